The van der Waals surface area contributed by atoms with E-state index in [1.54, 1.807) is 17.9 Å². The Bertz CT molecular complexity index is 709. The Morgan fingerprint density at radius 1 is 1.40 bits per heavy atom. The quantitative estimate of drug-likeness (QED) is 0.704. The van der Waals surface area contributed by atoms with Crippen molar-refractivity contribution in [1.29, 1.82) is 0 Å². The number of amides is 3. The van der Waals surface area contributed by atoms with Crippen molar-refractivity contribution in [3.8, 4) is 0 Å². The van der Waals surface area contributed by atoms with Gasteiger partial charge in [0.2, 0.25) is 0 Å². The molecule has 1 aromatic rings. The second-order valence-corrected chi connectivity index (χ2v) is 6.51. The van der Waals surface area contributed by atoms with E-state index in [4.69, 9.17) is 4.42 Å². The van der Waals surface area contributed by atoms with E-state index >= 15 is 0 Å². The van der Waals surface area contributed by atoms with Gasteiger partial charge in [0.1, 0.15) is 11.3 Å². The number of nitrogens with one attached hydrogen (secondary N) is 3. The van der Waals surface area contributed by atoms with Crippen LogP contribution in [0.25, 0.3) is 0 Å². The molecule has 0 radical (unpaired) electrons. The number of hydrogen-bond acceptors (Lipinski definition) is 5. The van der Waals surface area contributed by atoms with Crippen molar-refractivity contribution < 1.29 is 14.0 Å². The summed E-state index contributed by atoms with van der Waals surface area (Å²) in [4.78, 5) is 37.7. The molecule has 8 heteroatoms. The van der Waals surface area contributed by atoms with Gasteiger partial charge < -0.3 is 25.3 Å². The Morgan fingerprint density at radius 3 is 2.88 bits per heavy atom. The molecule has 136 valence electrons. The van der Waals surface area contributed by atoms with Gasteiger partial charge in [-0.1, -0.05) is 0 Å². The van der Waals surface area contributed by atoms with Crippen LogP contribution in [0.2, 0.25) is 0 Å². The summed E-state index contributed by atoms with van der Waals surface area (Å²) in [5.74, 6) is 0.352. The molecule has 0 saturated carbocycles. The van der Waals surface area contributed by atoms with Crippen LogP contribution in [0.4, 0.5) is 4.79 Å². The summed E-state index contributed by atoms with van der Waals surface area (Å²) >= 11 is 0. The molecule has 1 atom stereocenters. The highest BCUT2D eigenvalue weighted by Gasteiger charge is 2.23. The highest BCUT2D eigenvalue weighted by atomic mass is 16.4. The zero-order valence-electron chi connectivity index (χ0n) is 14.4. The van der Waals surface area contributed by atoms with Gasteiger partial charge in [-0.2, -0.15) is 0 Å². The molecule has 25 heavy (non-hydrogen) atoms. The average Bonchev–Trinajstić information content (AvgIpc) is 3.00. The summed E-state index contributed by atoms with van der Waals surface area (Å²) in [6.07, 6.45) is 2.01. The molecule has 8 nitrogen and oxygen atoms in total. The molecule has 2 saturated heterocycles. The minimum Gasteiger partial charge on any atom is -0.427 e. The smallest absolute Gasteiger partial charge is 0.349 e. The molecule has 2 fully saturated rings. The van der Waals surface area contributed by atoms with Crippen molar-refractivity contribution in [2.75, 3.05) is 39.3 Å². The monoisotopic (exact) mass is 348 g/mol. The first-order chi connectivity index (χ1) is 12.1. The van der Waals surface area contributed by atoms with Crippen molar-refractivity contribution in [3.63, 3.8) is 0 Å². The van der Waals surface area contributed by atoms with Crippen molar-refractivity contribution in [1.82, 2.24) is 20.9 Å². The summed E-state index contributed by atoms with van der Waals surface area (Å²) < 4.78 is 5.42. The molecule has 3 heterocycles. The topological polar surface area (TPSA) is 104 Å². The molecule has 0 aromatic carbocycles. The summed E-state index contributed by atoms with van der Waals surface area (Å²) in [6.45, 7) is 5.46. The first-order valence-electron chi connectivity index (χ1n) is 8.72. The fraction of sp³-hybridized carbons (Fsp3) is 0.588. The number of piperidine rings is 1. The maximum atomic E-state index is 12.3. The lowest BCUT2D eigenvalue weighted by molar-refractivity contribution is 0.0945. The van der Waals surface area contributed by atoms with Crippen molar-refractivity contribution >= 4 is 11.9 Å². The maximum Gasteiger partial charge on any atom is 0.349 e. The number of rotatable bonds is 5. The zero-order chi connectivity index (χ0) is 17.8. The second kappa shape index (κ2) is 7.69. The van der Waals surface area contributed by atoms with Crippen molar-refractivity contribution in [2.45, 2.75) is 25.7 Å². The van der Waals surface area contributed by atoms with Gasteiger partial charge in [0.05, 0.1) is 0 Å². The number of aryl methyl sites for hydroxylation is 1. The number of hydrogen-bond donors (Lipinski definition) is 3. The number of urea groups is 1. The Kier molecular flexibility index (Phi) is 5.37. The molecule has 0 spiro atoms. The molecule has 1 aromatic heterocycles. The fourth-order valence-electron chi connectivity index (χ4n) is 3.32. The molecule has 0 aliphatic carbocycles. The third-order valence-electron chi connectivity index (χ3n) is 4.71. The predicted molar refractivity (Wildman–Crippen MR) is 91.9 cm³/mol. The number of nitrogens with zero attached hydrogens (tertiary/aromatic N) is 1. The molecule has 0 bridgehead atoms. The van der Waals surface area contributed by atoms with Crippen LogP contribution in [0.1, 0.15) is 40.4 Å². The van der Waals surface area contributed by atoms with Crippen LogP contribution in [0.15, 0.2) is 15.3 Å². The van der Waals surface area contributed by atoms with Crippen LogP contribution in [0, 0.1) is 6.92 Å². The Hall–Kier alpha value is -2.35. The third kappa shape index (κ3) is 4.01. The molecular formula is C17H24N4O4. The van der Waals surface area contributed by atoms with Gasteiger partial charge in [-0.05, 0) is 37.9 Å². The highest BCUT2D eigenvalue weighted by molar-refractivity contribution is 5.95. The summed E-state index contributed by atoms with van der Waals surface area (Å²) in [5.41, 5.74) is 0.0589. The summed E-state index contributed by atoms with van der Waals surface area (Å²) in [7, 11) is 0. The van der Waals surface area contributed by atoms with Crippen LogP contribution in [-0.2, 0) is 0 Å². The van der Waals surface area contributed by atoms with Crippen molar-refractivity contribution in [3.05, 3.63) is 33.4 Å². The van der Waals surface area contributed by atoms with E-state index < -0.39 is 11.5 Å². The average molecular weight is 348 g/mol. The Labute approximate surface area is 145 Å². The first-order valence-corrected chi connectivity index (χ1v) is 8.72. The van der Waals surface area contributed by atoms with E-state index in [0.717, 1.165) is 25.9 Å². The number of carbonyl (C=O) groups is 2. The number of carbonyl (C=O) groups excluding carboxylic acids is 2. The molecule has 1 unspecified atom stereocenters. The van der Waals surface area contributed by atoms with Crippen LogP contribution in [0.3, 0.4) is 0 Å². The highest BCUT2D eigenvalue weighted by Crippen LogP contribution is 2.23. The lowest BCUT2D eigenvalue weighted by Gasteiger charge is -2.22. The first kappa shape index (κ1) is 17.5. The normalized spacial score (nSPS) is 20.4. The minimum atomic E-state index is -0.600. The van der Waals surface area contributed by atoms with E-state index in [1.807, 2.05) is 0 Å². The molecule has 3 amide bonds. The van der Waals surface area contributed by atoms with Crippen LogP contribution >= 0.6 is 0 Å². The standard InChI is InChI=1S/C17H24N4O4/c1-11-9-13(12-3-2-4-18-10-12)25-16(23)14(11)15(22)19-5-7-21-8-6-20-17(21)24/h9,12,18H,2-8,10H2,1H3,(H,19,22)(H,20,24). The van der Waals surface area contributed by atoms with E-state index in [9.17, 15) is 14.4 Å². The summed E-state index contributed by atoms with van der Waals surface area (Å²) in [6, 6.07) is 1.66. The van der Waals surface area contributed by atoms with Crippen LogP contribution < -0.4 is 21.6 Å². The zero-order valence-corrected chi connectivity index (χ0v) is 14.4. The minimum absolute atomic E-state index is 0.0402. The van der Waals surface area contributed by atoms with Gasteiger partial charge in [0.25, 0.3) is 5.91 Å². The predicted octanol–water partition coefficient (Wildman–Crippen LogP) is 0.170. The lowest BCUT2D eigenvalue weighted by atomic mass is 9.95. The fourth-order valence-corrected chi connectivity index (χ4v) is 3.32. The largest absolute Gasteiger partial charge is 0.427 e. The van der Waals surface area contributed by atoms with Gasteiger partial charge in [0.15, 0.2) is 0 Å². The van der Waals surface area contributed by atoms with E-state index in [2.05, 4.69) is 16.0 Å². The SMILES string of the molecule is Cc1cc(C2CCCNC2)oc(=O)c1C(=O)NCCN1CCNC1=O. The lowest BCUT2D eigenvalue weighted by Crippen LogP contribution is -2.38. The van der Waals surface area contributed by atoms with Gasteiger partial charge in [-0.25, -0.2) is 9.59 Å². The van der Waals surface area contributed by atoms with Gasteiger partial charge in [-0.15, -0.1) is 0 Å². The third-order valence-corrected chi connectivity index (χ3v) is 4.71. The van der Waals surface area contributed by atoms with Gasteiger partial charge in [-0.3, -0.25) is 4.79 Å². The molecule has 2 aliphatic heterocycles. The van der Waals surface area contributed by atoms with Crippen molar-refractivity contribution in [2.24, 2.45) is 0 Å². The molecule has 3 N–H and O–H groups in total. The molecular weight excluding hydrogens is 324 g/mol. The van der Waals surface area contributed by atoms with E-state index in [0.29, 0.717) is 37.5 Å². The van der Waals surface area contributed by atoms with E-state index in [1.165, 1.54) is 0 Å². The Balaban J connectivity index is 1.63. The summed E-state index contributed by atoms with van der Waals surface area (Å²) in [5, 5.41) is 8.68. The van der Waals surface area contributed by atoms with E-state index in [-0.39, 0.29) is 17.5 Å². The van der Waals surface area contributed by atoms with Crippen LogP contribution in [0.5, 0.6) is 0 Å². The molecule has 2 aliphatic rings. The van der Waals surface area contributed by atoms with Gasteiger partial charge in [0, 0.05) is 38.6 Å². The second-order valence-electron chi connectivity index (χ2n) is 6.51. The van der Waals surface area contributed by atoms with Gasteiger partial charge >= 0.3 is 11.7 Å². The Morgan fingerprint density at radius 2 is 2.24 bits per heavy atom. The maximum absolute atomic E-state index is 12.3. The van der Waals surface area contributed by atoms with Crippen LogP contribution in [-0.4, -0.2) is 56.1 Å². The molecule has 3 rings (SSSR count).